The molecule has 2 aromatic carbocycles. The van der Waals surface area contributed by atoms with Gasteiger partial charge in [-0.3, -0.25) is 0 Å². The van der Waals surface area contributed by atoms with Crippen LogP contribution in [0.25, 0.3) is 16.9 Å². The van der Waals surface area contributed by atoms with Gasteiger partial charge < -0.3 is 5.53 Å². The van der Waals surface area contributed by atoms with E-state index in [0.717, 1.165) is 49.1 Å². The van der Waals surface area contributed by atoms with Gasteiger partial charge in [0.15, 0.2) is 0 Å². The SMILES string of the molecule is CCCCCCCCCCCCCCC=CCCc1ccccc1C1=C(CCCCCCCC)C(CCCCCC)=C(c2ccc(CCCCCCCC)cc2)[N+]1=[N-].CCCCCCCCCCCCCCC[CH2][Ni][CH2]CCCCCCCCCCCCCCC. The number of aryl methyl sites for hydroxylation is 2. The number of rotatable bonds is 67. The quantitative estimate of drug-likeness (QED) is 0.0273. The molecule has 0 saturated heterocycles. The molecular weight excluding hydrogens is 1140 g/mol. The standard InChI is InChI=1S/C56H90N2.2C16H33.Ni/c1-5-9-13-17-20-21-22-23-24-25-26-27-28-29-31-34-40-50-41-37-38-42-52(50)56-54(44-36-32-19-15-11-7-3)53(43-35-16-12-8-4)55(58(56)57)51-47-45-49(46-48-51)39-33-30-18-14-10-6-2;2*1-3-5-7-9-11-13-15-16-14-12-10-8-6-4-2;/h29,31,37-38,41-42,45-48H,5-28,30,32-36,39-40,43-44H2,1-4H3;2*1,3-16H2,2H3;. The van der Waals surface area contributed by atoms with E-state index in [1.807, 2.05) is 14.4 Å². The number of hydrogen-bond acceptors (Lipinski definition) is 0. The van der Waals surface area contributed by atoms with Gasteiger partial charge in [-0.15, -0.1) is 0 Å². The van der Waals surface area contributed by atoms with E-state index in [4.69, 9.17) is 0 Å². The first-order chi connectivity index (χ1) is 45.1. The minimum atomic E-state index is 1.00. The van der Waals surface area contributed by atoms with Crippen LogP contribution in [-0.2, 0) is 27.3 Å². The van der Waals surface area contributed by atoms with E-state index in [1.165, 1.54) is 405 Å². The van der Waals surface area contributed by atoms with Gasteiger partial charge in [0.1, 0.15) is 0 Å². The summed E-state index contributed by atoms with van der Waals surface area (Å²) in [4.78, 5) is 0. The molecule has 0 atom stereocenters. The maximum atomic E-state index is 12.4. The molecular formula is C88H156N2Ni. The van der Waals surface area contributed by atoms with Gasteiger partial charge in [-0.2, -0.15) is 0 Å². The first kappa shape index (κ1) is 84.8. The van der Waals surface area contributed by atoms with Crippen molar-refractivity contribution in [3.05, 3.63) is 99.6 Å². The Morgan fingerprint density at radius 2 is 0.582 bits per heavy atom. The van der Waals surface area contributed by atoms with Crippen molar-refractivity contribution in [1.82, 2.24) is 0 Å². The Balaban J connectivity index is 0.000000727. The van der Waals surface area contributed by atoms with Crippen LogP contribution >= 0.6 is 0 Å². The van der Waals surface area contributed by atoms with Crippen molar-refractivity contribution >= 4 is 11.4 Å². The van der Waals surface area contributed by atoms with Crippen LogP contribution in [0.3, 0.4) is 0 Å². The second kappa shape index (κ2) is 66.4. The van der Waals surface area contributed by atoms with Gasteiger partial charge in [0.05, 0.1) is 0 Å². The molecule has 3 rings (SSSR count). The molecule has 1 heterocycles. The summed E-state index contributed by atoms with van der Waals surface area (Å²) in [6.45, 7) is 13.8. The molecule has 1 aliphatic heterocycles. The van der Waals surface area contributed by atoms with Crippen LogP contribution in [0.1, 0.15) is 449 Å². The van der Waals surface area contributed by atoms with Gasteiger partial charge in [-0.05, 0) is 93.5 Å². The van der Waals surface area contributed by atoms with Crippen molar-refractivity contribution < 1.29 is 19.1 Å². The Morgan fingerprint density at radius 3 is 0.967 bits per heavy atom. The monoisotopic (exact) mass is 1300 g/mol. The van der Waals surface area contributed by atoms with E-state index in [1.54, 1.807) is 4.70 Å². The van der Waals surface area contributed by atoms with Crippen molar-refractivity contribution in [3.63, 3.8) is 0 Å². The molecule has 3 heteroatoms. The number of benzene rings is 2. The van der Waals surface area contributed by atoms with E-state index in [9.17, 15) is 5.53 Å². The number of unbranched alkanes of at least 4 members (excludes halogenated alkanes) is 51. The summed E-state index contributed by atoms with van der Waals surface area (Å²) in [6, 6.07) is 18.2. The van der Waals surface area contributed by atoms with Crippen LogP contribution in [-0.4, -0.2) is 4.70 Å². The summed E-state index contributed by atoms with van der Waals surface area (Å²) in [7, 11) is 0. The predicted molar refractivity (Wildman–Crippen MR) is 408 cm³/mol. The van der Waals surface area contributed by atoms with Crippen LogP contribution in [0.2, 0.25) is 10.8 Å². The smallest absolute Gasteiger partial charge is 0.0654 e. The second-order valence-electron chi connectivity index (χ2n) is 28.5. The fourth-order valence-electron chi connectivity index (χ4n) is 13.8. The average Bonchev–Trinajstić information content (AvgIpc) is 1.62. The molecule has 0 bridgehead atoms. The zero-order valence-corrected chi connectivity index (χ0v) is 63.2. The third-order valence-electron chi connectivity index (χ3n) is 19.9. The van der Waals surface area contributed by atoms with E-state index in [-0.39, 0.29) is 0 Å². The summed E-state index contributed by atoms with van der Waals surface area (Å²) in [6.07, 6.45) is 90.0. The first-order valence-electron chi connectivity index (χ1n) is 41.3. The van der Waals surface area contributed by atoms with Crippen molar-refractivity contribution in [2.75, 3.05) is 0 Å². The molecule has 0 spiro atoms. The van der Waals surface area contributed by atoms with Gasteiger partial charge in [0.2, 0.25) is 11.4 Å². The Bertz CT molecular complexity index is 1940. The Hall–Kier alpha value is -2.25. The summed E-state index contributed by atoms with van der Waals surface area (Å²) < 4.78 is 1.63. The van der Waals surface area contributed by atoms with Crippen molar-refractivity contribution in [1.29, 1.82) is 0 Å². The van der Waals surface area contributed by atoms with Crippen LogP contribution in [0.5, 0.6) is 0 Å². The molecule has 0 radical (unpaired) electrons. The molecule has 0 unspecified atom stereocenters. The molecule has 528 valence electrons. The van der Waals surface area contributed by atoms with E-state index >= 15 is 0 Å². The Morgan fingerprint density at radius 1 is 0.286 bits per heavy atom. The minimum absolute atomic E-state index is 1.00. The molecule has 0 aliphatic carbocycles. The summed E-state index contributed by atoms with van der Waals surface area (Å²) in [5.74, 6) is 0. The normalized spacial score (nSPS) is 12.7. The Labute approximate surface area is 577 Å². The topological polar surface area (TPSA) is 25.3 Å². The van der Waals surface area contributed by atoms with Crippen LogP contribution in [0.15, 0.2) is 71.8 Å². The van der Waals surface area contributed by atoms with Crippen LogP contribution in [0, 0.1) is 0 Å². The minimum Gasteiger partial charge on any atom is -0.0654 e. The number of allylic oxidation sites excluding steroid dienone is 4. The average molecular weight is 1300 g/mol. The van der Waals surface area contributed by atoms with Crippen molar-refractivity contribution in [3.8, 4) is 0 Å². The second-order valence-corrected chi connectivity index (χ2v) is 30.0. The molecule has 91 heavy (non-hydrogen) atoms. The maximum absolute atomic E-state index is 12.4. The molecule has 0 aromatic heterocycles. The summed E-state index contributed by atoms with van der Waals surface area (Å²) >= 11 is 2.04. The van der Waals surface area contributed by atoms with Crippen LogP contribution < -0.4 is 0 Å². The molecule has 0 fully saturated rings. The molecule has 0 N–H and O–H groups in total. The van der Waals surface area contributed by atoms with Gasteiger partial charge in [-0.1, -0.05) is 277 Å². The van der Waals surface area contributed by atoms with Gasteiger partial charge in [0, 0.05) is 22.3 Å². The molecule has 2 nitrogen and oxygen atoms in total. The fourth-order valence-corrected chi connectivity index (χ4v) is 15.1. The molecule has 2 aromatic rings. The van der Waals surface area contributed by atoms with E-state index in [0.29, 0.717) is 0 Å². The van der Waals surface area contributed by atoms with Crippen molar-refractivity contribution in [2.24, 2.45) is 0 Å². The third-order valence-corrected chi connectivity index (χ3v) is 21.3. The van der Waals surface area contributed by atoms with Crippen LogP contribution in [0.4, 0.5) is 0 Å². The summed E-state index contributed by atoms with van der Waals surface area (Å²) in [5.41, 5.74) is 22.5. The Kier molecular flexibility index (Phi) is 61.9. The van der Waals surface area contributed by atoms with Gasteiger partial charge >= 0.3 is 166 Å². The third kappa shape index (κ3) is 47.3. The molecule has 1 aliphatic rings. The van der Waals surface area contributed by atoms with E-state index < -0.39 is 0 Å². The molecule has 0 amide bonds. The van der Waals surface area contributed by atoms with Crippen molar-refractivity contribution in [2.45, 2.75) is 450 Å². The predicted octanol–water partition coefficient (Wildman–Crippen LogP) is 31.9. The number of hydrogen-bond donors (Lipinski definition) is 0. The van der Waals surface area contributed by atoms with Gasteiger partial charge in [-0.25, -0.2) is 4.70 Å². The van der Waals surface area contributed by atoms with E-state index in [2.05, 4.69) is 102 Å². The zero-order chi connectivity index (χ0) is 65.2. The summed E-state index contributed by atoms with van der Waals surface area (Å²) in [5, 5.41) is 2.87. The molecule has 0 saturated carbocycles. The zero-order valence-electron chi connectivity index (χ0n) is 62.2. The number of nitrogens with zero attached hydrogens (tertiary/aromatic N) is 2. The first-order valence-corrected chi connectivity index (χ1v) is 42.7. The van der Waals surface area contributed by atoms with Gasteiger partial charge in [0.25, 0.3) is 0 Å². The fraction of sp³-hybridized carbons (Fsp3) is 0.795.